The second-order valence-corrected chi connectivity index (χ2v) is 4.60. The molecular weight excluding hydrogens is 286 g/mol. The van der Waals surface area contributed by atoms with Crippen molar-refractivity contribution in [3.8, 4) is 5.75 Å². The number of aliphatic hydroxyl groups is 1. The van der Waals surface area contributed by atoms with Gasteiger partial charge in [0.25, 0.3) is 0 Å². The number of hydrogen-bond acceptors (Lipinski definition) is 4. The second-order valence-electron chi connectivity index (χ2n) is 3.68. The first-order valence-electron chi connectivity index (χ1n) is 5.15. The number of aromatic nitrogens is 1. The SMILES string of the molecule is CC(O)c1cc(Br)ccc1OCc1cnoc1. The highest BCUT2D eigenvalue weighted by Gasteiger charge is 2.10. The van der Waals surface area contributed by atoms with Gasteiger partial charge in [0.1, 0.15) is 18.6 Å². The zero-order valence-corrected chi connectivity index (χ0v) is 10.8. The molecule has 0 aliphatic rings. The Bertz CT molecular complexity index is 483. The molecule has 1 unspecified atom stereocenters. The predicted molar refractivity (Wildman–Crippen MR) is 65.6 cm³/mol. The van der Waals surface area contributed by atoms with Gasteiger partial charge < -0.3 is 14.4 Å². The molecule has 1 atom stereocenters. The summed E-state index contributed by atoms with van der Waals surface area (Å²) >= 11 is 3.36. The summed E-state index contributed by atoms with van der Waals surface area (Å²) in [6, 6.07) is 5.53. The molecule has 4 nitrogen and oxygen atoms in total. The van der Waals surface area contributed by atoms with Crippen molar-refractivity contribution in [1.82, 2.24) is 5.16 Å². The molecule has 17 heavy (non-hydrogen) atoms. The zero-order valence-electron chi connectivity index (χ0n) is 9.26. The summed E-state index contributed by atoms with van der Waals surface area (Å²) in [4.78, 5) is 0. The van der Waals surface area contributed by atoms with Crippen molar-refractivity contribution in [2.45, 2.75) is 19.6 Å². The summed E-state index contributed by atoms with van der Waals surface area (Å²) in [6.45, 7) is 2.07. The molecule has 0 fully saturated rings. The van der Waals surface area contributed by atoms with E-state index in [1.165, 1.54) is 6.26 Å². The molecule has 1 aromatic carbocycles. The van der Waals surface area contributed by atoms with Gasteiger partial charge in [-0.25, -0.2) is 0 Å². The summed E-state index contributed by atoms with van der Waals surface area (Å²) in [7, 11) is 0. The fraction of sp³-hybridized carbons (Fsp3) is 0.250. The Balaban J connectivity index is 2.14. The Morgan fingerprint density at radius 1 is 1.53 bits per heavy atom. The maximum atomic E-state index is 9.65. The molecule has 5 heteroatoms. The maximum Gasteiger partial charge on any atom is 0.130 e. The van der Waals surface area contributed by atoms with Gasteiger partial charge in [-0.05, 0) is 25.1 Å². The number of hydrogen-bond donors (Lipinski definition) is 1. The lowest BCUT2D eigenvalue weighted by Crippen LogP contribution is -2.00. The van der Waals surface area contributed by atoms with Gasteiger partial charge in [0.05, 0.1) is 12.3 Å². The number of ether oxygens (including phenoxy) is 1. The summed E-state index contributed by atoms with van der Waals surface area (Å²) in [5.41, 5.74) is 1.60. The summed E-state index contributed by atoms with van der Waals surface area (Å²) < 4.78 is 11.2. The molecule has 2 aromatic rings. The van der Waals surface area contributed by atoms with Gasteiger partial charge in [-0.2, -0.15) is 0 Å². The second kappa shape index (κ2) is 5.33. The van der Waals surface area contributed by atoms with E-state index in [9.17, 15) is 5.11 Å². The van der Waals surface area contributed by atoms with Crippen molar-refractivity contribution in [2.24, 2.45) is 0 Å². The molecule has 0 spiro atoms. The third-order valence-electron chi connectivity index (χ3n) is 2.30. The largest absolute Gasteiger partial charge is 0.488 e. The molecule has 90 valence electrons. The lowest BCUT2D eigenvalue weighted by atomic mass is 10.1. The molecule has 0 bridgehead atoms. The highest BCUT2D eigenvalue weighted by atomic mass is 79.9. The van der Waals surface area contributed by atoms with Crippen molar-refractivity contribution in [1.29, 1.82) is 0 Å². The highest BCUT2D eigenvalue weighted by molar-refractivity contribution is 9.10. The van der Waals surface area contributed by atoms with Gasteiger partial charge in [0.15, 0.2) is 0 Å². The van der Waals surface area contributed by atoms with E-state index in [-0.39, 0.29) is 0 Å². The Morgan fingerprint density at radius 2 is 2.35 bits per heavy atom. The molecule has 0 radical (unpaired) electrons. The lowest BCUT2D eigenvalue weighted by Gasteiger charge is -2.13. The highest BCUT2D eigenvalue weighted by Crippen LogP contribution is 2.29. The molecule has 0 saturated carbocycles. The first-order valence-corrected chi connectivity index (χ1v) is 5.94. The van der Waals surface area contributed by atoms with Crippen molar-refractivity contribution in [3.05, 3.63) is 46.3 Å². The van der Waals surface area contributed by atoms with E-state index >= 15 is 0 Å². The monoisotopic (exact) mass is 297 g/mol. The summed E-state index contributed by atoms with van der Waals surface area (Å²) in [5.74, 6) is 0.657. The van der Waals surface area contributed by atoms with Crippen LogP contribution in [-0.2, 0) is 6.61 Å². The molecule has 2 rings (SSSR count). The number of halogens is 1. The topological polar surface area (TPSA) is 55.5 Å². The van der Waals surface area contributed by atoms with Crippen LogP contribution in [0.25, 0.3) is 0 Å². The number of rotatable bonds is 4. The third-order valence-corrected chi connectivity index (χ3v) is 2.79. The van der Waals surface area contributed by atoms with Gasteiger partial charge >= 0.3 is 0 Å². The van der Waals surface area contributed by atoms with E-state index in [0.29, 0.717) is 12.4 Å². The molecule has 1 aromatic heterocycles. The third kappa shape index (κ3) is 3.08. The Hall–Kier alpha value is -1.33. The molecule has 0 aliphatic carbocycles. The van der Waals surface area contributed by atoms with Gasteiger partial charge in [0, 0.05) is 15.6 Å². The van der Waals surface area contributed by atoms with Crippen molar-refractivity contribution in [3.63, 3.8) is 0 Å². The first kappa shape index (κ1) is 12.1. The van der Waals surface area contributed by atoms with E-state index in [4.69, 9.17) is 9.26 Å². The lowest BCUT2D eigenvalue weighted by molar-refractivity contribution is 0.190. The smallest absolute Gasteiger partial charge is 0.130 e. The van der Waals surface area contributed by atoms with E-state index < -0.39 is 6.10 Å². The molecular formula is C12H12BrNO3. The first-order chi connectivity index (χ1) is 8.16. The van der Waals surface area contributed by atoms with E-state index in [0.717, 1.165) is 15.6 Å². The van der Waals surface area contributed by atoms with E-state index in [1.54, 1.807) is 13.1 Å². The average molecular weight is 298 g/mol. The number of aliphatic hydroxyl groups excluding tert-OH is 1. The van der Waals surface area contributed by atoms with Crippen LogP contribution in [0, 0.1) is 0 Å². The minimum absolute atomic E-state index is 0.366. The van der Waals surface area contributed by atoms with Crippen molar-refractivity contribution < 1.29 is 14.4 Å². The minimum atomic E-state index is -0.579. The number of benzene rings is 1. The van der Waals surface area contributed by atoms with Crippen LogP contribution < -0.4 is 4.74 Å². The van der Waals surface area contributed by atoms with Crippen molar-refractivity contribution in [2.75, 3.05) is 0 Å². The standard InChI is InChI=1S/C12H12BrNO3/c1-8(15)11-4-10(13)2-3-12(11)16-6-9-5-14-17-7-9/h2-5,7-8,15H,6H2,1H3. The summed E-state index contributed by atoms with van der Waals surface area (Å²) in [6.07, 6.45) is 2.55. The van der Waals surface area contributed by atoms with Gasteiger partial charge in [-0.3, -0.25) is 0 Å². The van der Waals surface area contributed by atoms with E-state index in [2.05, 4.69) is 21.1 Å². The summed E-state index contributed by atoms with van der Waals surface area (Å²) in [5, 5.41) is 13.2. The van der Waals surface area contributed by atoms with Crippen LogP contribution in [0.2, 0.25) is 0 Å². The Labute approximate surface area is 107 Å². The Kier molecular flexibility index (Phi) is 3.81. The van der Waals surface area contributed by atoms with Crippen LogP contribution in [0.15, 0.2) is 39.7 Å². The van der Waals surface area contributed by atoms with Crippen LogP contribution in [0.4, 0.5) is 0 Å². The van der Waals surface area contributed by atoms with Gasteiger partial charge in [0.2, 0.25) is 0 Å². The van der Waals surface area contributed by atoms with Crippen molar-refractivity contribution >= 4 is 15.9 Å². The average Bonchev–Trinajstić information content (AvgIpc) is 2.80. The zero-order chi connectivity index (χ0) is 12.3. The molecule has 0 saturated heterocycles. The molecule has 1 heterocycles. The maximum absolute atomic E-state index is 9.65. The molecule has 0 amide bonds. The normalized spacial score (nSPS) is 12.4. The predicted octanol–water partition coefficient (Wildman–Crippen LogP) is 3.07. The molecule has 1 N–H and O–H groups in total. The van der Waals surface area contributed by atoms with E-state index in [1.807, 2.05) is 18.2 Å². The van der Waals surface area contributed by atoms with Crippen LogP contribution >= 0.6 is 15.9 Å². The fourth-order valence-electron chi connectivity index (χ4n) is 1.44. The van der Waals surface area contributed by atoms with Crippen LogP contribution in [0.3, 0.4) is 0 Å². The quantitative estimate of drug-likeness (QED) is 0.942. The van der Waals surface area contributed by atoms with Gasteiger partial charge in [-0.1, -0.05) is 21.1 Å². The van der Waals surface area contributed by atoms with Crippen LogP contribution in [0.1, 0.15) is 24.2 Å². The number of nitrogens with zero attached hydrogens (tertiary/aromatic N) is 1. The fourth-order valence-corrected chi connectivity index (χ4v) is 1.82. The molecule has 0 aliphatic heterocycles. The Morgan fingerprint density at radius 3 is 3.00 bits per heavy atom. The van der Waals surface area contributed by atoms with Crippen LogP contribution in [0.5, 0.6) is 5.75 Å². The minimum Gasteiger partial charge on any atom is -0.488 e. The van der Waals surface area contributed by atoms with Crippen LogP contribution in [-0.4, -0.2) is 10.3 Å². The van der Waals surface area contributed by atoms with Gasteiger partial charge in [-0.15, -0.1) is 0 Å².